The third-order valence-electron chi connectivity index (χ3n) is 5.50. The second-order valence-corrected chi connectivity index (χ2v) is 9.61. The van der Waals surface area contributed by atoms with Gasteiger partial charge in [0.1, 0.15) is 5.82 Å². The standard InChI is InChI=1S/C25H37F3N4O/c1-7-20(21-14-22(25(26,27)28)23(29)30-16-21)17-32(19(3)15-24(4,5)6)18(2)8-9-31-10-12-33-13-11-31/h14,16-17H,2-3,7-13,15H2,1,4-6H3,(H2,29,30)/b20-17+. The van der Waals surface area contributed by atoms with Gasteiger partial charge in [-0.1, -0.05) is 40.9 Å². The van der Waals surface area contributed by atoms with Gasteiger partial charge in [-0.25, -0.2) is 4.98 Å². The van der Waals surface area contributed by atoms with Crippen LogP contribution in [-0.2, 0) is 10.9 Å². The van der Waals surface area contributed by atoms with Crippen molar-refractivity contribution in [3.63, 3.8) is 0 Å². The van der Waals surface area contributed by atoms with Gasteiger partial charge in [-0.05, 0) is 35.5 Å². The molecule has 2 N–H and O–H groups in total. The predicted octanol–water partition coefficient (Wildman–Crippen LogP) is 5.92. The molecule has 0 atom stereocenters. The summed E-state index contributed by atoms with van der Waals surface area (Å²) < 4.78 is 45.6. The normalized spacial score (nSPS) is 16.0. The molecule has 0 amide bonds. The van der Waals surface area contributed by atoms with Crippen molar-refractivity contribution in [1.82, 2.24) is 14.8 Å². The summed E-state index contributed by atoms with van der Waals surface area (Å²) >= 11 is 0. The van der Waals surface area contributed by atoms with Crippen molar-refractivity contribution in [3.8, 4) is 0 Å². The van der Waals surface area contributed by atoms with Crippen LogP contribution >= 0.6 is 0 Å². The van der Waals surface area contributed by atoms with Gasteiger partial charge in [0.15, 0.2) is 0 Å². The zero-order valence-electron chi connectivity index (χ0n) is 20.3. The molecule has 0 bridgehead atoms. The van der Waals surface area contributed by atoms with Gasteiger partial charge in [-0.15, -0.1) is 0 Å². The van der Waals surface area contributed by atoms with Gasteiger partial charge in [-0.2, -0.15) is 13.2 Å². The minimum atomic E-state index is -4.57. The maximum Gasteiger partial charge on any atom is 0.419 e. The van der Waals surface area contributed by atoms with Crippen LogP contribution < -0.4 is 5.73 Å². The fourth-order valence-corrected chi connectivity index (χ4v) is 3.74. The maximum absolute atomic E-state index is 13.4. The number of nitrogen functional groups attached to an aromatic ring is 1. The number of hydrogen-bond donors (Lipinski definition) is 1. The van der Waals surface area contributed by atoms with Gasteiger partial charge in [0, 0.05) is 49.8 Å². The number of alkyl halides is 3. The number of pyridine rings is 1. The molecule has 184 valence electrons. The summed E-state index contributed by atoms with van der Waals surface area (Å²) in [6.45, 7) is 20.9. The summed E-state index contributed by atoms with van der Waals surface area (Å²) in [6.07, 6.45) is 0.613. The zero-order valence-corrected chi connectivity index (χ0v) is 20.3. The second-order valence-electron chi connectivity index (χ2n) is 9.61. The highest BCUT2D eigenvalue weighted by Crippen LogP contribution is 2.35. The highest BCUT2D eigenvalue weighted by molar-refractivity contribution is 5.67. The summed E-state index contributed by atoms with van der Waals surface area (Å²) in [6, 6.07) is 1.07. The van der Waals surface area contributed by atoms with Gasteiger partial charge < -0.3 is 15.4 Å². The average Bonchev–Trinajstić information content (AvgIpc) is 2.72. The molecule has 0 aromatic carbocycles. The van der Waals surface area contributed by atoms with Crippen LogP contribution in [0.3, 0.4) is 0 Å². The number of halogens is 3. The summed E-state index contributed by atoms with van der Waals surface area (Å²) in [5.41, 5.74) is 7.34. The average molecular weight is 467 g/mol. The van der Waals surface area contributed by atoms with Crippen LogP contribution in [0.4, 0.5) is 19.0 Å². The van der Waals surface area contributed by atoms with Gasteiger partial charge in [0.2, 0.25) is 0 Å². The van der Waals surface area contributed by atoms with E-state index in [2.05, 4.69) is 43.8 Å². The van der Waals surface area contributed by atoms with Crippen LogP contribution in [-0.4, -0.2) is 47.6 Å². The molecule has 0 aliphatic carbocycles. The van der Waals surface area contributed by atoms with Crippen LogP contribution in [0.25, 0.3) is 5.57 Å². The van der Waals surface area contributed by atoms with E-state index in [0.717, 1.165) is 50.3 Å². The van der Waals surface area contributed by atoms with E-state index < -0.39 is 17.6 Å². The van der Waals surface area contributed by atoms with Crippen molar-refractivity contribution in [1.29, 1.82) is 0 Å². The SMILES string of the molecule is C=C(CCN1CCOCC1)N(/C=C(\CC)c1cnc(N)c(C(F)(F)F)c1)C(=C)CC(C)(C)C. The number of ether oxygens (including phenoxy) is 1. The third-order valence-corrected chi connectivity index (χ3v) is 5.50. The van der Waals surface area contributed by atoms with Gasteiger partial charge >= 0.3 is 6.18 Å². The minimum Gasteiger partial charge on any atom is -0.383 e. The lowest BCUT2D eigenvalue weighted by molar-refractivity contribution is -0.137. The second kappa shape index (κ2) is 11.2. The Morgan fingerprint density at radius 3 is 2.39 bits per heavy atom. The Bertz CT molecular complexity index is 865. The molecule has 1 aromatic heterocycles. The van der Waals surface area contributed by atoms with E-state index in [-0.39, 0.29) is 5.41 Å². The third kappa shape index (κ3) is 8.19. The van der Waals surface area contributed by atoms with E-state index >= 15 is 0 Å². The van der Waals surface area contributed by atoms with E-state index in [1.807, 2.05) is 18.0 Å². The lowest BCUT2D eigenvalue weighted by Gasteiger charge is -2.32. The van der Waals surface area contributed by atoms with Crippen LogP contribution in [0, 0.1) is 5.41 Å². The summed E-state index contributed by atoms with van der Waals surface area (Å²) in [4.78, 5) is 8.06. The molecule has 2 heterocycles. The molecule has 33 heavy (non-hydrogen) atoms. The quantitative estimate of drug-likeness (QED) is 0.489. The lowest BCUT2D eigenvalue weighted by Crippen LogP contribution is -2.37. The molecule has 1 saturated heterocycles. The molecule has 0 spiro atoms. The van der Waals surface area contributed by atoms with Crippen molar-refractivity contribution in [3.05, 3.63) is 54.1 Å². The molecule has 2 rings (SSSR count). The first kappa shape index (κ1) is 26.9. The van der Waals surface area contributed by atoms with E-state index in [0.29, 0.717) is 30.4 Å². The van der Waals surface area contributed by atoms with Crippen molar-refractivity contribution in [2.75, 3.05) is 38.6 Å². The molecule has 0 saturated carbocycles. The van der Waals surface area contributed by atoms with E-state index in [1.165, 1.54) is 6.20 Å². The van der Waals surface area contributed by atoms with Crippen LogP contribution in [0.2, 0.25) is 0 Å². The largest absolute Gasteiger partial charge is 0.419 e. The van der Waals surface area contributed by atoms with Crippen LogP contribution in [0.1, 0.15) is 58.1 Å². The van der Waals surface area contributed by atoms with Crippen LogP contribution in [0.15, 0.2) is 43.0 Å². The maximum atomic E-state index is 13.4. The molecular formula is C25H37F3N4O. The lowest BCUT2D eigenvalue weighted by atomic mass is 9.90. The zero-order chi connectivity index (χ0) is 24.8. The molecule has 1 aliphatic rings. The van der Waals surface area contributed by atoms with E-state index in [9.17, 15) is 13.2 Å². The molecule has 0 radical (unpaired) electrons. The highest BCUT2D eigenvalue weighted by atomic mass is 19.4. The van der Waals surface area contributed by atoms with E-state index in [4.69, 9.17) is 10.5 Å². The van der Waals surface area contributed by atoms with Crippen molar-refractivity contribution in [2.24, 2.45) is 5.41 Å². The van der Waals surface area contributed by atoms with Gasteiger partial charge in [0.05, 0.1) is 18.8 Å². The molecule has 1 aromatic rings. The molecule has 1 fully saturated rings. The Kier molecular flexibility index (Phi) is 9.14. The number of allylic oxidation sites excluding steroid dienone is 2. The summed E-state index contributed by atoms with van der Waals surface area (Å²) in [5.74, 6) is -0.523. The first-order valence-corrected chi connectivity index (χ1v) is 11.3. The number of hydrogen-bond acceptors (Lipinski definition) is 5. The first-order chi connectivity index (χ1) is 15.3. The van der Waals surface area contributed by atoms with Gasteiger partial charge in [0.25, 0.3) is 0 Å². The van der Waals surface area contributed by atoms with E-state index in [1.54, 1.807) is 0 Å². The molecule has 0 unspecified atom stereocenters. The Morgan fingerprint density at radius 2 is 1.85 bits per heavy atom. The summed E-state index contributed by atoms with van der Waals surface area (Å²) in [5, 5.41) is 0. The Labute approximate surface area is 195 Å². The number of aromatic nitrogens is 1. The fraction of sp³-hybridized carbons (Fsp3) is 0.560. The highest BCUT2D eigenvalue weighted by Gasteiger charge is 2.34. The predicted molar refractivity (Wildman–Crippen MR) is 128 cm³/mol. The molecule has 8 heteroatoms. The van der Waals surface area contributed by atoms with Gasteiger partial charge in [-0.3, -0.25) is 4.90 Å². The first-order valence-electron chi connectivity index (χ1n) is 11.3. The Balaban J connectivity index is 2.35. The molecule has 1 aliphatic heterocycles. The van der Waals surface area contributed by atoms with Crippen molar-refractivity contribution >= 4 is 11.4 Å². The minimum absolute atomic E-state index is 0.00769. The van der Waals surface area contributed by atoms with Crippen molar-refractivity contribution in [2.45, 2.75) is 53.1 Å². The van der Waals surface area contributed by atoms with Crippen LogP contribution in [0.5, 0.6) is 0 Å². The Morgan fingerprint density at radius 1 is 1.21 bits per heavy atom. The molecule has 5 nitrogen and oxygen atoms in total. The number of anilines is 1. The number of nitrogens with two attached hydrogens (primary N) is 1. The van der Waals surface area contributed by atoms with Crippen molar-refractivity contribution < 1.29 is 17.9 Å². The number of morpholine rings is 1. The molecular weight excluding hydrogens is 429 g/mol. The topological polar surface area (TPSA) is 54.6 Å². The number of rotatable bonds is 9. The monoisotopic (exact) mass is 466 g/mol. The smallest absolute Gasteiger partial charge is 0.383 e. The number of nitrogens with zero attached hydrogens (tertiary/aromatic N) is 3. The fourth-order valence-electron chi connectivity index (χ4n) is 3.74. The summed E-state index contributed by atoms with van der Waals surface area (Å²) in [7, 11) is 0. The Hall–Kier alpha value is -2.32.